The molecule has 23 heavy (non-hydrogen) atoms. The maximum absolute atomic E-state index is 14.6. The molecule has 1 aromatic rings. The van der Waals surface area contributed by atoms with Crippen LogP contribution in [0.25, 0.3) is 0 Å². The van der Waals surface area contributed by atoms with E-state index in [4.69, 9.17) is 11.6 Å². The zero-order valence-electron chi connectivity index (χ0n) is 12.6. The third-order valence-electron chi connectivity index (χ3n) is 4.62. The van der Waals surface area contributed by atoms with Crippen LogP contribution in [0.3, 0.4) is 0 Å². The predicted octanol–water partition coefficient (Wildman–Crippen LogP) is 4.24. The zero-order valence-corrected chi connectivity index (χ0v) is 13.4. The second-order valence-electron chi connectivity index (χ2n) is 6.30. The number of rotatable bonds is 4. The molecule has 1 atom stereocenters. The smallest absolute Gasteiger partial charge is 0.314 e. The zero-order chi connectivity index (χ0) is 16.6. The van der Waals surface area contributed by atoms with E-state index in [0.29, 0.717) is 38.5 Å². The fourth-order valence-corrected chi connectivity index (χ4v) is 3.42. The van der Waals surface area contributed by atoms with Gasteiger partial charge in [-0.05, 0) is 24.5 Å². The molecule has 1 N–H and O–H groups in total. The molecule has 2 fully saturated rings. The first kappa shape index (κ1) is 17.0. The third-order valence-corrected chi connectivity index (χ3v) is 4.91. The van der Waals surface area contributed by atoms with Gasteiger partial charge in [-0.2, -0.15) is 13.2 Å². The number of nitrogens with zero attached hydrogens (tertiary/aromatic N) is 1. The lowest BCUT2D eigenvalue weighted by atomic mass is 9.93. The van der Waals surface area contributed by atoms with Crippen LogP contribution in [-0.2, 0) is 6.18 Å². The molecular weight excluding hydrogens is 332 g/mol. The van der Waals surface area contributed by atoms with Crippen LogP contribution < -0.4 is 5.32 Å². The molecule has 1 aliphatic heterocycles. The SMILES string of the molecule is Fc1c(Cl)ccc(C(F)(F)F)c1[C@@H](CC1CC1)N1CCNCC1. The number of nitrogens with one attached hydrogen (secondary N) is 1. The van der Waals surface area contributed by atoms with E-state index in [2.05, 4.69) is 5.32 Å². The highest BCUT2D eigenvalue weighted by Gasteiger charge is 2.41. The van der Waals surface area contributed by atoms with E-state index in [1.54, 1.807) is 0 Å². The van der Waals surface area contributed by atoms with E-state index < -0.39 is 23.6 Å². The molecule has 0 aromatic heterocycles. The van der Waals surface area contributed by atoms with Crippen molar-refractivity contribution in [3.05, 3.63) is 34.1 Å². The fourth-order valence-electron chi connectivity index (χ4n) is 3.25. The lowest BCUT2D eigenvalue weighted by Crippen LogP contribution is -2.45. The first-order chi connectivity index (χ1) is 10.9. The highest BCUT2D eigenvalue weighted by Crippen LogP contribution is 2.45. The van der Waals surface area contributed by atoms with Crippen molar-refractivity contribution in [2.75, 3.05) is 26.2 Å². The number of halogens is 5. The average Bonchev–Trinajstić information content (AvgIpc) is 3.32. The van der Waals surface area contributed by atoms with Crippen molar-refractivity contribution in [2.24, 2.45) is 5.92 Å². The summed E-state index contributed by atoms with van der Waals surface area (Å²) in [7, 11) is 0. The highest BCUT2D eigenvalue weighted by atomic mass is 35.5. The first-order valence-corrected chi connectivity index (χ1v) is 8.25. The summed E-state index contributed by atoms with van der Waals surface area (Å²) in [6, 6.07) is 1.33. The summed E-state index contributed by atoms with van der Waals surface area (Å²) in [6.45, 7) is 2.62. The number of hydrogen-bond acceptors (Lipinski definition) is 2. The molecule has 2 nitrogen and oxygen atoms in total. The number of piperazine rings is 1. The molecule has 1 aliphatic carbocycles. The predicted molar refractivity (Wildman–Crippen MR) is 80.9 cm³/mol. The van der Waals surface area contributed by atoms with Crippen molar-refractivity contribution in [2.45, 2.75) is 31.5 Å². The van der Waals surface area contributed by atoms with Crippen LogP contribution >= 0.6 is 11.6 Å². The van der Waals surface area contributed by atoms with Gasteiger partial charge in [-0.25, -0.2) is 4.39 Å². The lowest BCUT2D eigenvalue weighted by molar-refractivity contribution is -0.139. The van der Waals surface area contributed by atoms with Gasteiger partial charge in [0.25, 0.3) is 0 Å². The maximum Gasteiger partial charge on any atom is 0.416 e. The van der Waals surface area contributed by atoms with E-state index in [1.807, 2.05) is 4.90 Å². The van der Waals surface area contributed by atoms with Crippen molar-refractivity contribution in [1.29, 1.82) is 0 Å². The molecule has 1 saturated heterocycles. The summed E-state index contributed by atoms with van der Waals surface area (Å²) in [5, 5.41) is 2.93. The fraction of sp³-hybridized carbons (Fsp3) is 0.625. The summed E-state index contributed by atoms with van der Waals surface area (Å²) in [4.78, 5) is 1.96. The Labute approximate surface area is 137 Å². The molecule has 1 heterocycles. The summed E-state index contributed by atoms with van der Waals surface area (Å²) in [6.07, 6.45) is -2.02. The van der Waals surface area contributed by atoms with Crippen molar-refractivity contribution < 1.29 is 17.6 Å². The van der Waals surface area contributed by atoms with E-state index in [-0.39, 0.29) is 10.6 Å². The van der Waals surface area contributed by atoms with Gasteiger partial charge in [-0.15, -0.1) is 0 Å². The van der Waals surface area contributed by atoms with Crippen molar-refractivity contribution in [3.63, 3.8) is 0 Å². The molecule has 3 rings (SSSR count). The topological polar surface area (TPSA) is 15.3 Å². The molecule has 0 unspecified atom stereocenters. The van der Waals surface area contributed by atoms with Crippen molar-refractivity contribution in [3.8, 4) is 0 Å². The maximum atomic E-state index is 14.6. The minimum absolute atomic E-state index is 0.246. The van der Waals surface area contributed by atoms with Crippen LogP contribution in [0.15, 0.2) is 12.1 Å². The van der Waals surface area contributed by atoms with Gasteiger partial charge in [0.15, 0.2) is 0 Å². The van der Waals surface area contributed by atoms with Gasteiger partial charge >= 0.3 is 6.18 Å². The Balaban J connectivity index is 2.04. The Hall–Kier alpha value is -0.850. The normalized spacial score (nSPS) is 21.4. The molecular formula is C16H19ClF4N2. The molecule has 1 saturated carbocycles. The van der Waals surface area contributed by atoms with Crippen LogP contribution in [0, 0.1) is 11.7 Å². The summed E-state index contributed by atoms with van der Waals surface area (Å²) in [5.74, 6) is -0.542. The molecule has 0 bridgehead atoms. The molecule has 0 spiro atoms. The largest absolute Gasteiger partial charge is 0.416 e. The molecule has 128 valence electrons. The molecule has 2 aliphatic rings. The van der Waals surface area contributed by atoms with Gasteiger partial charge < -0.3 is 5.32 Å². The molecule has 1 aromatic carbocycles. The second-order valence-corrected chi connectivity index (χ2v) is 6.71. The summed E-state index contributed by atoms with van der Waals surface area (Å²) >= 11 is 5.80. The minimum Gasteiger partial charge on any atom is -0.314 e. The van der Waals surface area contributed by atoms with Crippen LogP contribution in [0.1, 0.15) is 36.4 Å². The minimum atomic E-state index is -4.59. The van der Waals surface area contributed by atoms with Gasteiger partial charge in [-0.3, -0.25) is 4.90 Å². The Morgan fingerprint density at radius 2 is 1.87 bits per heavy atom. The van der Waals surface area contributed by atoms with E-state index in [9.17, 15) is 17.6 Å². The van der Waals surface area contributed by atoms with Crippen molar-refractivity contribution in [1.82, 2.24) is 10.2 Å². The van der Waals surface area contributed by atoms with E-state index in [1.165, 1.54) is 0 Å². The molecule has 0 radical (unpaired) electrons. The van der Waals surface area contributed by atoms with Gasteiger partial charge in [0, 0.05) is 37.8 Å². The number of alkyl halides is 3. The standard InChI is InChI=1S/C16H19ClF4N2/c17-12-4-3-11(16(19,20)21)14(15(12)18)13(9-10-1-2-10)23-7-5-22-6-8-23/h3-4,10,13,22H,1-2,5-9H2/t13-/m1/s1. The molecule has 7 heteroatoms. The third kappa shape index (κ3) is 3.80. The van der Waals surface area contributed by atoms with Crippen LogP contribution in [0.5, 0.6) is 0 Å². The summed E-state index contributed by atoms with van der Waals surface area (Å²) < 4.78 is 54.8. The van der Waals surface area contributed by atoms with Gasteiger partial charge in [0.2, 0.25) is 0 Å². The Kier molecular flexibility index (Phi) is 4.85. The Morgan fingerprint density at radius 3 is 2.43 bits per heavy atom. The average molecular weight is 351 g/mol. The van der Waals surface area contributed by atoms with Crippen LogP contribution in [0.4, 0.5) is 17.6 Å². The van der Waals surface area contributed by atoms with Crippen LogP contribution in [-0.4, -0.2) is 31.1 Å². The highest BCUT2D eigenvalue weighted by molar-refractivity contribution is 6.30. The summed E-state index contributed by atoms with van der Waals surface area (Å²) in [5.41, 5.74) is -1.18. The quantitative estimate of drug-likeness (QED) is 0.817. The first-order valence-electron chi connectivity index (χ1n) is 7.88. The number of benzene rings is 1. The van der Waals surface area contributed by atoms with Gasteiger partial charge in [-0.1, -0.05) is 24.4 Å². The lowest BCUT2D eigenvalue weighted by Gasteiger charge is -2.36. The Morgan fingerprint density at radius 1 is 1.22 bits per heavy atom. The van der Waals surface area contributed by atoms with Crippen LogP contribution in [0.2, 0.25) is 5.02 Å². The van der Waals surface area contributed by atoms with Gasteiger partial charge in [0.1, 0.15) is 5.82 Å². The Bertz CT molecular complexity index is 566. The van der Waals surface area contributed by atoms with E-state index in [0.717, 1.165) is 25.0 Å². The monoisotopic (exact) mass is 350 g/mol. The second kappa shape index (κ2) is 6.57. The number of hydrogen-bond donors (Lipinski definition) is 1. The van der Waals surface area contributed by atoms with E-state index >= 15 is 0 Å². The van der Waals surface area contributed by atoms with Crippen molar-refractivity contribution >= 4 is 11.6 Å². The molecule has 0 amide bonds. The van der Waals surface area contributed by atoms with Gasteiger partial charge in [0.05, 0.1) is 10.6 Å².